The Morgan fingerprint density at radius 3 is 2.88 bits per heavy atom. The highest BCUT2D eigenvalue weighted by molar-refractivity contribution is 9.10. The Hall–Kier alpha value is -0.580. The Labute approximate surface area is 111 Å². The van der Waals surface area contributed by atoms with Gasteiger partial charge in [0, 0.05) is 6.54 Å². The van der Waals surface area contributed by atoms with Crippen molar-refractivity contribution < 1.29 is 9.47 Å². The Morgan fingerprint density at radius 1 is 1.41 bits per heavy atom. The lowest BCUT2D eigenvalue weighted by atomic mass is 10.2. The Balaban J connectivity index is 1.78. The van der Waals surface area contributed by atoms with Crippen LogP contribution in [-0.4, -0.2) is 20.4 Å². The normalized spacial score (nSPS) is 14.9. The van der Waals surface area contributed by atoms with Gasteiger partial charge in [-0.25, -0.2) is 0 Å². The summed E-state index contributed by atoms with van der Waals surface area (Å²) in [7, 11) is 1.93. The summed E-state index contributed by atoms with van der Waals surface area (Å²) in [6, 6.07) is 6.08. The molecule has 1 aliphatic rings. The van der Waals surface area contributed by atoms with E-state index in [-0.39, 0.29) is 0 Å². The predicted molar refractivity (Wildman–Crippen MR) is 71.1 cm³/mol. The molecule has 0 spiro atoms. The zero-order valence-electron chi connectivity index (χ0n) is 10.0. The molecule has 2 rings (SSSR count). The number of ether oxygens (including phenoxy) is 2. The highest BCUT2D eigenvalue weighted by Crippen LogP contribution is 2.29. The lowest BCUT2D eigenvalue weighted by Crippen LogP contribution is -2.07. The topological polar surface area (TPSA) is 30.5 Å². The minimum atomic E-state index is 0.334. The molecule has 1 aliphatic carbocycles. The van der Waals surface area contributed by atoms with E-state index in [4.69, 9.17) is 9.47 Å². The van der Waals surface area contributed by atoms with E-state index >= 15 is 0 Å². The Morgan fingerprint density at radius 2 is 2.24 bits per heavy atom. The number of nitrogens with one attached hydrogen (secondary N) is 1. The molecule has 0 aliphatic heterocycles. The van der Waals surface area contributed by atoms with Crippen LogP contribution in [0.1, 0.15) is 18.4 Å². The first-order chi connectivity index (χ1) is 8.29. The van der Waals surface area contributed by atoms with E-state index in [0.29, 0.717) is 6.79 Å². The van der Waals surface area contributed by atoms with Crippen LogP contribution >= 0.6 is 15.9 Å². The molecule has 4 heteroatoms. The van der Waals surface area contributed by atoms with Gasteiger partial charge in [-0.3, -0.25) is 0 Å². The van der Waals surface area contributed by atoms with Crippen molar-refractivity contribution in [1.29, 1.82) is 0 Å². The first-order valence-corrected chi connectivity index (χ1v) is 6.72. The van der Waals surface area contributed by atoms with E-state index in [1.54, 1.807) is 0 Å². The Kier molecular flexibility index (Phi) is 4.83. The molecule has 1 N–H and O–H groups in total. The summed E-state index contributed by atoms with van der Waals surface area (Å²) in [6.07, 6.45) is 2.62. The Bertz CT molecular complexity index is 366. The first-order valence-electron chi connectivity index (χ1n) is 5.93. The van der Waals surface area contributed by atoms with Gasteiger partial charge in [-0.05, 0) is 59.4 Å². The van der Waals surface area contributed by atoms with E-state index in [9.17, 15) is 0 Å². The predicted octanol–water partition coefficient (Wildman–Crippen LogP) is 2.93. The van der Waals surface area contributed by atoms with Gasteiger partial charge in [0.1, 0.15) is 5.75 Å². The maximum atomic E-state index is 5.56. The van der Waals surface area contributed by atoms with Crippen LogP contribution in [0.2, 0.25) is 0 Å². The van der Waals surface area contributed by atoms with Crippen LogP contribution in [-0.2, 0) is 11.3 Å². The van der Waals surface area contributed by atoms with Crippen LogP contribution in [0.25, 0.3) is 0 Å². The fraction of sp³-hybridized carbons (Fsp3) is 0.538. The number of benzene rings is 1. The second-order valence-corrected chi connectivity index (χ2v) is 5.23. The quantitative estimate of drug-likeness (QED) is 0.620. The van der Waals surface area contributed by atoms with Crippen LogP contribution < -0.4 is 10.1 Å². The van der Waals surface area contributed by atoms with Crippen molar-refractivity contribution in [3.63, 3.8) is 0 Å². The molecule has 0 bridgehead atoms. The minimum absolute atomic E-state index is 0.334. The number of hydrogen-bond acceptors (Lipinski definition) is 3. The second-order valence-electron chi connectivity index (χ2n) is 4.37. The molecule has 1 fully saturated rings. The zero-order valence-corrected chi connectivity index (χ0v) is 11.6. The van der Waals surface area contributed by atoms with Crippen molar-refractivity contribution >= 4 is 15.9 Å². The second kappa shape index (κ2) is 6.38. The maximum Gasteiger partial charge on any atom is 0.189 e. The molecule has 0 heterocycles. The molecule has 0 amide bonds. The fourth-order valence-corrected chi connectivity index (χ4v) is 2.12. The van der Waals surface area contributed by atoms with Gasteiger partial charge in [0.15, 0.2) is 6.79 Å². The van der Waals surface area contributed by atoms with Crippen LogP contribution in [0.3, 0.4) is 0 Å². The number of halogens is 1. The highest BCUT2D eigenvalue weighted by Gasteiger charge is 2.21. The molecular formula is C13H18BrNO2. The molecule has 3 nitrogen and oxygen atoms in total. The lowest BCUT2D eigenvalue weighted by molar-refractivity contribution is 0.00956. The third-order valence-electron chi connectivity index (χ3n) is 2.73. The van der Waals surface area contributed by atoms with Crippen molar-refractivity contribution in [3.05, 3.63) is 28.2 Å². The van der Waals surface area contributed by atoms with E-state index in [0.717, 1.165) is 29.3 Å². The third-order valence-corrected chi connectivity index (χ3v) is 3.35. The molecule has 1 aromatic rings. The highest BCUT2D eigenvalue weighted by atomic mass is 79.9. The lowest BCUT2D eigenvalue weighted by Gasteiger charge is -2.10. The summed E-state index contributed by atoms with van der Waals surface area (Å²) in [6.45, 7) is 2.02. The van der Waals surface area contributed by atoms with Crippen molar-refractivity contribution in [3.8, 4) is 5.75 Å². The van der Waals surface area contributed by atoms with E-state index in [1.807, 2.05) is 13.1 Å². The molecule has 17 heavy (non-hydrogen) atoms. The van der Waals surface area contributed by atoms with Crippen molar-refractivity contribution in [1.82, 2.24) is 5.32 Å². The van der Waals surface area contributed by atoms with Gasteiger partial charge >= 0.3 is 0 Å². The first kappa shape index (κ1) is 12.9. The van der Waals surface area contributed by atoms with Crippen LogP contribution in [0.4, 0.5) is 0 Å². The average Bonchev–Trinajstić information content (AvgIpc) is 3.11. The molecule has 0 atom stereocenters. The zero-order chi connectivity index (χ0) is 12.1. The molecule has 0 radical (unpaired) electrons. The summed E-state index contributed by atoms with van der Waals surface area (Å²) in [5, 5.41) is 3.12. The van der Waals surface area contributed by atoms with E-state index in [1.165, 1.54) is 18.4 Å². The smallest absolute Gasteiger partial charge is 0.189 e. The maximum absolute atomic E-state index is 5.56. The SMILES string of the molecule is CNCc1ccc(OCOCC2CC2)c(Br)c1. The van der Waals surface area contributed by atoms with E-state index in [2.05, 4.69) is 33.4 Å². The van der Waals surface area contributed by atoms with Crippen LogP contribution in [0.5, 0.6) is 5.75 Å². The third kappa shape index (κ3) is 4.30. The molecule has 1 saturated carbocycles. The van der Waals surface area contributed by atoms with Crippen molar-refractivity contribution in [2.75, 3.05) is 20.4 Å². The molecule has 0 unspecified atom stereocenters. The van der Waals surface area contributed by atoms with Crippen molar-refractivity contribution in [2.45, 2.75) is 19.4 Å². The van der Waals surface area contributed by atoms with Gasteiger partial charge in [-0.2, -0.15) is 0 Å². The summed E-state index contributed by atoms with van der Waals surface area (Å²) in [5.41, 5.74) is 1.23. The summed E-state index contributed by atoms with van der Waals surface area (Å²) in [5.74, 6) is 1.61. The fourth-order valence-electron chi connectivity index (χ4n) is 1.58. The van der Waals surface area contributed by atoms with E-state index < -0.39 is 0 Å². The molecule has 0 saturated heterocycles. The standard InChI is InChI=1S/C13H18BrNO2/c1-15-7-11-4-5-13(12(14)6-11)17-9-16-8-10-2-3-10/h4-6,10,15H,2-3,7-9H2,1H3. The summed E-state index contributed by atoms with van der Waals surface area (Å²) in [4.78, 5) is 0. The van der Waals surface area contributed by atoms with Gasteiger partial charge in [-0.1, -0.05) is 6.07 Å². The molecule has 0 aromatic heterocycles. The average molecular weight is 300 g/mol. The largest absolute Gasteiger partial charge is 0.466 e. The molecule has 1 aromatic carbocycles. The minimum Gasteiger partial charge on any atom is -0.466 e. The van der Waals surface area contributed by atoms with Crippen molar-refractivity contribution in [2.24, 2.45) is 5.92 Å². The summed E-state index contributed by atoms with van der Waals surface area (Å²) < 4.78 is 12.0. The molecule has 94 valence electrons. The summed E-state index contributed by atoms with van der Waals surface area (Å²) >= 11 is 3.50. The monoisotopic (exact) mass is 299 g/mol. The van der Waals surface area contributed by atoms with Gasteiger partial charge < -0.3 is 14.8 Å². The number of hydrogen-bond donors (Lipinski definition) is 1. The van der Waals surface area contributed by atoms with Crippen LogP contribution in [0.15, 0.2) is 22.7 Å². The van der Waals surface area contributed by atoms with Gasteiger partial charge in [0.25, 0.3) is 0 Å². The molecular weight excluding hydrogens is 282 g/mol. The van der Waals surface area contributed by atoms with Gasteiger partial charge in [0.2, 0.25) is 0 Å². The van der Waals surface area contributed by atoms with Crippen LogP contribution in [0, 0.1) is 5.92 Å². The number of rotatable bonds is 7. The van der Waals surface area contributed by atoms with Gasteiger partial charge in [-0.15, -0.1) is 0 Å². The van der Waals surface area contributed by atoms with Gasteiger partial charge in [0.05, 0.1) is 11.1 Å².